The van der Waals surface area contributed by atoms with Gasteiger partial charge < -0.3 is 15.7 Å². The number of guanidine groups is 1. The zero-order valence-electron chi connectivity index (χ0n) is 14.5. The highest BCUT2D eigenvalue weighted by atomic mass is 32.2. The average Bonchev–Trinajstić information content (AvgIpc) is 2.58. The minimum Gasteiger partial charge on any atom is -0.508 e. The number of aromatic hydroxyl groups is 1. The van der Waals surface area contributed by atoms with E-state index >= 15 is 0 Å². The van der Waals surface area contributed by atoms with Gasteiger partial charge in [0.1, 0.15) is 5.75 Å². The summed E-state index contributed by atoms with van der Waals surface area (Å²) in [6.07, 6.45) is 2.10. The van der Waals surface area contributed by atoms with Gasteiger partial charge >= 0.3 is 0 Å². The van der Waals surface area contributed by atoms with Crippen molar-refractivity contribution >= 4 is 17.7 Å². The van der Waals surface area contributed by atoms with E-state index in [0.717, 1.165) is 24.6 Å². The maximum atomic E-state index is 9.53. The molecule has 0 amide bonds. The van der Waals surface area contributed by atoms with Crippen LogP contribution in [0.5, 0.6) is 5.75 Å². The highest BCUT2D eigenvalue weighted by Crippen LogP contribution is 2.21. The van der Waals surface area contributed by atoms with Crippen LogP contribution in [0, 0.1) is 6.92 Å². The third-order valence-electron chi connectivity index (χ3n) is 3.56. The van der Waals surface area contributed by atoms with Crippen molar-refractivity contribution in [3.63, 3.8) is 0 Å². The van der Waals surface area contributed by atoms with Crippen molar-refractivity contribution in [3.8, 4) is 5.75 Å². The maximum Gasteiger partial charge on any atom is 0.191 e. The van der Waals surface area contributed by atoms with Crippen molar-refractivity contribution in [2.45, 2.75) is 31.8 Å². The number of aliphatic imine (C=N–C) groups is 1. The topological polar surface area (TPSA) is 56.7 Å². The Labute approximate surface area is 148 Å². The fourth-order valence-electron chi connectivity index (χ4n) is 2.34. The van der Waals surface area contributed by atoms with Crippen LogP contribution in [0.3, 0.4) is 0 Å². The Kier molecular flexibility index (Phi) is 7.00. The molecule has 3 N–H and O–H groups in total. The van der Waals surface area contributed by atoms with Crippen molar-refractivity contribution in [3.05, 3.63) is 59.2 Å². The van der Waals surface area contributed by atoms with E-state index in [1.807, 2.05) is 19.1 Å². The van der Waals surface area contributed by atoms with Gasteiger partial charge in [-0.1, -0.05) is 24.3 Å². The SMILES string of the molecule is CCNC(=NCc1cccc(O)c1)NCc1ccc(C)cc1SC. The molecule has 0 saturated carbocycles. The lowest BCUT2D eigenvalue weighted by Crippen LogP contribution is -2.36. The maximum absolute atomic E-state index is 9.53. The molecule has 0 aliphatic rings. The van der Waals surface area contributed by atoms with Crippen molar-refractivity contribution in [2.75, 3.05) is 12.8 Å². The van der Waals surface area contributed by atoms with E-state index in [4.69, 9.17) is 0 Å². The van der Waals surface area contributed by atoms with Gasteiger partial charge in [-0.2, -0.15) is 0 Å². The highest BCUT2D eigenvalue weighted by Gasteiger charge is 2.04. The number of rotatable bonds is 6. The Balaban J connectivity index is 2.04. The first-order valence-corrected chi connectivity index (χ1v) is 9.28. The lowest BCUT2D eigenvalue weighted by molar-refractivity contribution is 0.474. The van der Waals surface area contributed by atoms with Crippen LogP contribution in [0.15, 0.2) is 52.4 Å². The molecule has 0 aromatic heterocycles. The number of hydrogen-bond donors (Lipinski definition) is 3. The molecule has 0 aliphatic carbocycles. The van der Waals surface area contributed by atoms with Crippen LogP contribution < -0.4 is 10.6 Å². The second-order valence-electron chi connectivity index (χ2n) is 5.53. The van der Waals surface area contributed by atoms with Gasteiger partial charge in [0.05, 0.1) is 6.54 Å². The second kappa shape index (κ2) is 9.23. The summed E-state index contributed by atoms with van der Waals surface area (Å²) in [6.45, 7) is 6.20. The molecule has 0 fully saturated rings. The van der Waals surface area contributed by atoms with E-state index < -0.39 is 0 Å². The quantitative estimate of drug-likeness (QED) is 0.425. The third-order valence-corrected chi connectivity index (χ3v) is 4.38. The van der Waals surface area contributed by atoms with Crippen LogP contribution in [0.2, 0.25) is 0 Å². The number of nitrogens with one attached hydrogen (secondary N) is 2. The van der Waals surface area contributed by atoms with Crippen LogP contribution in [-0.2, 0) is 13.1 Å². The largest absolute Gasteiger partial charge is 0.508 e. The summed E-state index contributed by atoms with van der Waals surface area (Å²) in [7, 11) is 0. The van der Waals surface area contributed by atoms with Crippen molar-refractivity contribution in [1.29, 1.82) is 0 Å². The lowest BCUT2D eigenvalue weighted by atomic mass is 10.1. The van der Waals surface area contributed by atoms with E-state index in [1.165, 1.54) is 16.0 Å². The predicted molar refractivity (Wildman–Crippen MR) is 103 cm³/mol. The molecule has 0 atom stereocenters. The lowest BCUT2D eigenvalue weighted by Gasteiger charge is -2.14. The summed E-state index contributed by atoms with van der Waals surface area (Å²) >= 11 is 1.76. The van der Waals surface area contributed by atoms with Crippen LogP contribution in [0.1, 0.15) is 23.6 Å². The number of hydrogen-bond acceptors (Lipinski definition) is 3. The molecule has 0 radical (unpaired) electrons. The zero-order chi connectivity index (χ0) is 17.4. The fourth-order valence-corrected chi connectivity index (χ4v) is 3.05. The number of thioether (sulfide) groups is 1. The minimum absolute atomic E-state index is 0.268. The van der Waals surface area contributed by atoms with Crippen molar-refractivity contribution in [2.24, 2.45) is 4.99 Å². The minimum atomic E-state index is 0.268. The Morgan fingerprint density at radius 3 is 2.71 bits per heavy atom. The summed E-state index contributed by atoms with van der Waals surface area (Å²) < 4.78 is 0. The van der Waals surface area contributed by atoms with Crippen LogP contribution in [0.25, 0.3) is 0 Å². The van der Waals surface area contributed by atoms with E-state index in [1.54, 1.807) is 23.9 Å². The number of phenols is 1. The zero-order valence-corrected chi connectivity index (χ0v) is 15.3. The fraction of sp³-hybridized carbons (Fsp3) is 0.316. The molecule has 24 heavy (non-hydrogen) atoms. The average molecular weight is 343 g/mol. The van der Waals surface area contributed by atoms with Crippen LogP contribution in [-0.4, -0.2) is 23.9 Å². The molecule has 2 aromatic rings. The predicted octanol–water partition coefficient (Wildman–Crippen LogP) is 3.68. The highest BCUT2D eigenvalue weighted by molar-refractivity contribution is 7.98. The summed E-state index contributed by atoms with van der Waals surface area (Å²) in [5.74, 6) is 1.04. The third kappa shape index (κ3) is 5.49. The van der Waals surface area contributed by atoms with Crippen LogP contribution >= 0.6 is 11.8 Å². The summed E-state index contributed by atoms with van der Waals surface area (Å²) in [4.78, 5) is 5.87. The molecule has 0 spiro atoms. The number of nitrogens with zero attached hydrogens (tertiary/aromatic N) is 1. The molecular weight excluding hydrogens is 318 g/mol. The summed E-state index contributed by atoms with van der Waals surface area (Å²) in [5.41, 5.74) is 3.51. The van der Waals surface area contributed by atoms with Gasteiger partial charge in [-0.05, 0) is 55.0 Å². The number of aryl methyl sites for hydroxylation is 1. The smallest absolute Gasteiger partial charge is 0.191 e. The van der Waals surface area contributed by atoms with Gasteiger partial charge in [0.25, 0.3) is 0 Å². The molecule has 0 heterocycles. The molecule has 0 saturated heterocycles. The summed E-state index contributed by atoms with van der Waals surface area (Å²) in [6, 6.07) is 13.7. The standard InChI is InChI=1S/C19H25N3OS/c1-4-20-19(21-12-15-6-5-7-17(23)11-15)22-13-16-9-8-14(2)10-18(16)24-3/h5-11,23H,4,12-13H2,1-3H3,(H2,20,21,22). The Bertz CT molecular complexity index is 701. The summed E-state index contributed by atoms with van der Waals surface area (Å²) in [5, 5.41) is 16.2. The van der Waals surface area contributed by atoms with E-state index in [2.05, 4.69) is 47.0 Å². The normalized spacial score (nSPS) is 11.4. The first-order valence-electron chi connectivity index (χ1n) is 8.06. The molecule has 4 nitrogen and oxygen atoms in total. The van der Waals surface area contributed by atoms with E-state index in [0.29, 0.717) is 6.54 Å². The van der Waals surface area contributed by atoms with E-state index in [9.17, 15) is 5.11 Å². The van der Waals surface area contributed by atoms with Gasteiger partial charge in [0, 0.05) is 18.0 Å². The molecule has 2 rings (SSSR count). The van der Waals surface area contributed by atoms with Crippen molar-refractivity contribution in [1.82, 2.24) is 10.6 Å². The Morgan fingerprint density at radius 1 is 1.17 bits per heavy atom. The molecule has 2 aromatic carbocycles. The Hall–Kier alpha value is -2.14. The molecule has 5 heteroatoms. The first kappa shape index (κ1) is 18.2. The monoisotopic (exact) mass is 343 g/mol. The number of phenolic OH excluding ortho intramolecular Hbond substituents is 1. The van der Waals surface area contributed by atoms with Crippen molar-refractivity contribution < 1.29 is 5.11 Å². The second-order valence-corrected chi connectivity index (χ2v) is 6.38. The van der Waals surface area contributed by atoms with Gasteiger partial charge in [0.15, 0.2) is 5.96 Å². The van der Waals surface area contributed by atoms with Crippen LogP contribution in [0.4, 0.5) is 0 Å². The van der Waals surface area contributed by atoms with Gasteiger partial charge in [0.2, 0.25) is 0 Å². The molecule has 128 valence electrons. The molecule has 0 aliphatic heterocycles. The Morgan fingerprint density at radius 2 is 2.00 bits per heavy atom. The van der Waals surface area contributed by atoms with E-state index in [-0.39, 0.29) is 5.75 Å². The molecule has 0 bridgehead atoms. The molecular formula is C19H25N3OS. The van der Waals surface area contributed by atoms with Gasteiger partial charge in [-0.15, -0.1) is 11.8 Å². The number of benzene rings is 2. The molecule has 0 unspecified atom stereocenters. The van der Waals surface area contributed by atoms with Gasteiger partial charge in [-0.25, -0.2) is 4.99 Å². The first-order chi connectivity index (χ1) is 11.6. The van der Waals surface area contributed by atoms with Gasteiger partial charge in [-0.3, -0.25) is 0 Å².